The maximum absolute atomic E-state index is 12.5. The Bertz CT molecular complexity index is 589. The number of amides is 2. The lowest BCUT2D eigenvalue weighted by molar-refractivity contribution is 0.0822. The number of fused-ring (bicyclic) bond motifs is 1. The van der Waals surface area contributed by atoms with E-state index in [9.17, 15) is 4.79 Å². The van der Waals surface area contributed by atoms with Crippen LogP contribution in [0.3, 0.4) is 0 Å². The quantitative estimate of drug-likeness (QED) is 0.889. The average Bonchev–Trinajstić information content (AvgIpc) is 3.15. The first kappa shape index (κ1) is 17.9. The molecule has 2 aliphatic rings. The SMILES string of the molecule is CCN1C[C@H](CN(C)C(=O)N[C@@H](C)[C@H]2CCCO2)Oc2ccccc21. The van der Waals surface area contributed by atoms with Gasteiger partial charge in [-0.1, -0.05) is 12.1 Å². The molecule has 2 aliphatic heterocycles. The number of nitrogens with one attached hydrogen (secondary N) is 1. The van der Waals surface area contributed by atoms with Crippen LogP contribution in [0.25, 0.3) is 0 Å². The number of carbonyl (C=O) groups excluding carboxylic acids is 1. The summed E-state index contributed by atoms with van der Waals surface area (Å²) in [5, 5.41) is 3.05. The number of likely N-dealkylation sites (N-methyl/N-ethyl adjacent to an activating group) is 2. The van der Waals surface area contributed by atoms with Gasteiger partial charge < -0.3 is 24.6 Å². The molecule has 6 heteroatoms. The minimum Gasteiger partial charge on any atom is -0.485 e. The highest BCUT2D eigenvalue weighted by Gasteiger charge is 2.28. The molecular weight excluding hydrogens is 318 g/mol. The van der Waals surface area contributed by atoms with Crippen molar-refractivity contribution in [3.8, 4) is 5.75 Å². The van der Waals surface area contributed by atoms with Gasteiger partial charge in [-0.05, 0) is 38.8 Å². The third kappa shape index (κ3) is 4.18. The minimum atomic E-state index is -0.0755. The van der Waals surface area contributed by atoms with Crippen molar-refractivity contribution in [2.24, 2.45) is 0 Å². The fraction of sp³-hybridized carbons (Fsp3) is 0.632. The summed E-state index contributed by atoms with van der Waals surface area (Å²) in [4.78, 5) is 16.5. The fourth-order valence-corrected chi connectivity index (χ4v) is 3.56. The second kappa shape index (κ2) is 7.95. The van der Waals surface area contributed by atoms with Gasteiger partial charge in [0.05, 0.1) is 30.9 Å². The Labute approximate surface area is 150 Å². The van der Waals surface area contributed by atoms with E-state index >= 15 is 0 Å². The highest BCUT2D eigenvalue weighted by Crippen LogP contribution is 2.32. The first-order valence-electron chi connectivity index (χ1n) is 9.22. The Morgan fingerprint density at radius 3 is 2.96 bits per heavy atom. The summed E-state index contributed by atoms with van der Waals surface area (Å²) in [6.45, 7) is 7.19. The van der Waals surface area contributed by atoms with Crippen molar-refractivity contribution in [2.45, 2.75) is 44.9 Å². The molecule has 0 unspecified atom stereocenters. The lowest BCUT2D eigenvalue weighted by Crippen LogP contribution is -2.51. The second-order valence-corrected chi connectivity index (χ2v) is 6.92. The van der Waals surface area contributed by atoms with Crippen LogP contribution in [0.15, 0.2) is 24.3 Å². The molecule has 2 heterocycles. The molecule has 3 atom stereocenters. The van der Waals surface area contributed by atoms with Crippen molar-refractivity contribution in [3.05, 3.63) is 24.3 Å². The summed E-state index contributed by atoms with van der Waals surface area (Å²) >= 11 is 0. The van der Waals surface area contributed by atoms with Gasteiger partial charge in [0.15, 0.2) is 0 Å². The zero-order valence-corrected chi connectivity index (χ0v) is 15.4. The van der Waals surface area contributed by atoms with Gasteiger partial charge in [-0.2, -0.15) is 0 Å². The largest absolute Gasteiger partial charge is 0.485 e. The first-order chi connectivity index (χ1) is 12.1. The Hall–Kier alpha value is -1.95. The van der Waals surface area contributed by atoms with Crippen molar-refractivity contribution >= 4 is 11.7 Å². The van der Waals surface area contributed by atoms with Crippen LogP contribution in [-0.4, -0.2) is 62.5 Å². The molecule has 1 saturated heterocycles. The summed E-state index contributed by atoms with van der Waals surface area (Å²) in [6, 6.07) is 8.02. The second-order valence-electron chi connectivity index (χ2n) is 6.92. The molecule has 25 heavy (non-hydrogen) atoms. The Morgan fingerprint density at radius 1 is 1.44 bits per heavy atom. The fourth-order valence-electron chi connectivity index (χ4n) is 3.56. The summed E-state index contributed by atoms with van der Waals surface area (Å²) in [5.41, 5.74) is 1.13. The zero-order valence-electron chi connectivity index (χ0n) is 15.4. The molecule has 0 radical (unpaired) electrons. The van der Waals surface area contributed by atoms with Crippen LogP contribution in [0.2, 0.25) is 0 Å². The number of urea groups is 1. The van der Waals surface area contributed by atoms with E-state index in [0.29, 0.717) is 6.54 Å². The molecule has 1 N–H and O–H groups in total. The monoisotopic (exact) mass is 347 g/mol. The normalized spacial score (nSPS) is 23.6. The standard InChI is InChI=1S/C19H29N3O3/c1-4-22-13-15(25-18-9-6-5-8-16(18)22)12-21(3)19(23)20-14(2)17-10-7-11-24-17/h5-6,8-9,14-15,17H,4,7,10-13H2,1-3H3,(H,20,23)/t14-,15-,17+/m0/s1. The van der Waals surface area contributed by atoms with Gasteiger partial charge in [0.2, 0.25) is 0 Å². The van der Waals surface area contributed by atoms with Crippen LogP contribution in [0.1, 0.15) is 26.7 Å². The van der Waals surface area contributed by atoms with Crippen molar-refractivity contribution in [2.75, 3.05) is 38.2 Å². The van der Waals surface area contributed by atoms with E-state index in [-0.39, 0.29) is 24.3 Å². The van der Waals surface area contributed by atoms with Crippen LogP contribution in [-0.2, 0) is 4.74 Å². The molecule has 0 aliphatic carbocycles. The van der Waals surface area contributed by atoms with Gasteiger partial charge in [-0.15, -0.1) is 0 Å². The lowest BCUT2D eigenvalue weighted by Gasteiger charge is -2.37. The van der Waals surface area contributed by atoms with Gasteiger partial charge in [0.1, 0.15) is 11.9 Å². The molecule has 1 aromatic carbocycles. The minimum absolute atomic E-state index is 0.0255. The van der Waals surface area contributed by atoms with E-state index in [1.54, 1.807) is 4.90 Å². The molecule has 3 rings (SSSR count). The van der Waals surface area contributed by atoms with Gasteiger partial charge in [-0.3, -0.25) is 0 Å². The average molecular weight is 347 g/mol. The molecule has 2 amide bonds. The van der Waals surface area contributed by atoms with Crippen molar-refractivity contribution in [1.29, 1.82) is 0 Å². The summed E-state index contributed by atoms with van der Waals surface area (Å²) in [6.07, 6.45) is 2.18. The molecule has 0 spiro atoms. The Morgan fingerprint density at radius 2 is 2.24 bits per heavy atom. The van der Waals surface area contributed by atoms with E-state index in [1.807, 2.05) is 32.2 Å². The molecule has 0 saturated carbocycles. The number of hydrogen-bond acceptors (Lipinski definition) is 4. The molecule has 0 bridgehead atoms. The predicted octanol–water partition coefficient (Wildman–Crippen LogP) is 2.48. The Kier molecular flexibility index (Phi) is 5.68. The summed E-state index contributed by atoms with van der Waals surface area (Å²) in [7, 11) is 1.82. The third-order valence-electron chi connectivity index (χ3n) is 5.00. The number of hydrogen-bond donors (Lipinski definition) is 1. The third-order valence-corrected chi connectivity index (χ3v) is 5.00. The topological polar surface area (TPSA) is 54.0 Å². The van der Waals surface area contributed by atoms with E-state index in [1.165, 1.54) is 0 Å². The van der Waals surface area contributed by atoms with Crippen molar-refractivity contribution in [3.63, 3.8) is 0 Å². The van der Waals surface area contributed by atoms with Crippen molar-refractivity contribution in [1.82, 2.24) is 10.2 Å². The lowest BCUT2D eigenvalue weighted by atomic mass is 10.1. The van der Waals surface area contributed by atoms with E-state index < -0.39 is 0 Å². The highest BCUT2D eigenvalue weighted by molar-refractivity contribution is 5.74. The summed E-state index contributed by atoms with van der Waals surface area (Å²) < 4.78 is 11.7. The zero-order chi connectivity index (χ0) is 17.8. The number of para-hydroxylation sites is 2. The molecule has 0 aromatic heterocycles. The molecule has 138 valence electrons. The van der Waals surface area contributed by atoms with E-state index in [2.05, 4.69) is 23.2 Å². The van der Waals surface area contributed by atoms with Crippen LogP contribution < -0.4 is 15.0 Å². The van der Waals surface area contributed by atoms with Crippen molar-refractivity contribution < 1.29 is 14.3 Å². The smallest absolute Gasteiger partial charge is 0.317 e. The number of benzene rings is 1. The van der Waals surface area contributed by atoms with Gasteiger partial charge in [-0.25, -0.2) is 4.79 Å². The number of anilines is 1. The molecule has 1 fully saturated rings. The van der Waals surface area contributed by atoms with Crippen LogP contribution in [0.4, 0.5) is 10.5 Å². The maximum Gasteiger partial charge on any atom is 0.317 e. The maximum atomic E-state index is 12.5. The molecule has 1 aromatic rings. The van der Waals surface area contributed by atoms with Gasteiger partial charge in [0, 0.05) is 20.2 Å². The number of nitrogens with zero attached hydrogens (tertiary/aromatic N) is 2. The number of carbonyl (C=O) groups is 1. The first-order valence-corrected chi connectivity index (χ1v) is 9.22. The molecular formula is C19H29N3O3. The van der Waals surface area contributed by atoms with E-state index in [0.717, 1.165) is 44.0 Å². The van der Waals surface area contributed by atoms with Crippen LogP contribution in [0.5, 0.6) is 5.75 Å². The predicted molar refractivity (Wildman–Crippen MR) is 98.3 cm³/mol. The highest BCUT2D eigenvalue weighted by atomic mass is 16.5. The summed E-state index contributed by atoms with van der Waals surface area (Å²) in [5.74, 6) is 0.891. The van der Waals surface area contributed by atoms with E-state index in [4.69, 9.17) is 9.47 Å². The van der Waals surface area contributed by atoms with Crippen LogP contribution in [0, 0.1) is 0 Å². The molecule has 6 nitrogen and oxygen atoms in total. The van der Waals surface area contributed by atoms with Gasteiger partial charge >= 0.3 is 6.03 Å². The van der Waals surface area contributed by atoms with Crippen LogP contribution >= 0.6 is 0 Å². The number of rotatable bonds is 5. The van der Waals surface area contributed by atoms with Gasteiger partial charge in [0.25, 0.3) is 0 Å². The Balaban J connectivity index is 1.55. The number of ether oxygens (including phenoxy) is 2.